The highest BCUT2D eigenvalue weighted by Gasteiger charge is 2.18. The first-order valence-corrected chi connectivity index (χ1v) is 20.1. The summed E-state index contributed by atoms with van der Waals surface area (Å²) in [7, 11) is 0. The lowest BCUT2D eigenvalue weighted by Gasteiger charge is -2.15. The number of nitrogens with zero attached hydrogens (tertiary/aromatic N) is 5. The van der Waals surface area contributed by atoms with Crippen molar-refractivity contribution in [1.29, 1.82) is 0 Å². The molecule has 0 radical (unpaired) electrons. The molecule has 11 aromatic rings. The number of aromatic nitrogens is 5. The summed E-state index contributed by atoms with van der Waals surface area (Å²) in [5.41, 5.74) is 9.61. The molecule has 0 saturated heterocycles. The van der Waals surface area contributed by atoms with Crippen molar-refractivity contribution in [1.82, 2.24) is 24.9 Å². The van der Waals surface area contributed by atoms with Crippen LogP contribution in [0.25, 0.3) is 112 Å². The summed E-state index contributed by atoms with van der Waals surface area (Å²) in [6, 6.07) is 73.4. The Bertz CT molecular complexity index is 3260. The molecular formula is C55H35N5. The van der Waals surface area contributed by atoms with Gasteiger partial charge in [0.1, 0.15) is 0 Å². The fourth-order valence-electron chi connectivity index (χ4n) is 8.25. The summed E-state index contributed by atoms with van der Waals surface area (Å²) in [4.78, 5) is 25.5. The topological polar surface area (TPSA) is 64.5 Å². The van der Waals surface area contributed by atoms with Crippen LogP contribution in [0.1, 0.15) is 0 Å². The van der Waals surface area contributed by atoms with E-state index in [2.05, 4.69) is 146 Å². The third kappa shape index (κ3) is 6.45. The van der Waals surface area contributed by atoms with Gasteiger partial charge in [-0.2, -0.15) is 0 Å². The molecule has 2 heterocycles. The largest absolute Gasteiger partial charge is 0.228 e. The van der Waals surface area contributed by atoms with Crippen LogP contribution in [0.2, 0.25) is 0 Å². The molecule has 0 saturated carbocycles. The van der Waals surface area contributed by atoms with Crippen LogP contribution in [0, 0.1) is 0 Å². The maximum Gasteiger partial charge on any atom is 0.164 e. The Balaban J connectivity index is 1.05. The molecule has 0 bridgehead atoms. The molecule has 60 heavy (non-hydrogen) atoms. The highest BCUT2D eigenvalue weighted by atomic mass is 15.0. The summed E-state index contributed by atoms with van der Waals surface area (Å²) in [5, 5.41) is 7.19. The average Bonchev–Trinajstić information content (AvgIpc) is 3.34. The zero-order valence-corrected chi connectivity index (χ0v) is 32.4. The third-order valence-corrected chi connectivity index (χ3v) is 11.1. The van der Waals surface area contributed by atoms with Gasteiger partial charge in [0.15, 0.2) is 23.3 Å². The molecule has 0 amide bonds. The lowest BCUT2D eigenvalue weighted by Crippen LogP contribution is -2.00. The molecule has 0 aliphatic rings. The first-order valence-electron chi connectivity index (χ1n) is 20.1. The van der Waals surface area contributed by atoms with Gasteiger partial charge in [-0.25, -0.2) is 24.9 Å². The molecule has 0 aliphatic carbocycles. The van der Waals surface area contributed by atoms with Gasteiger partial charge in [0.25, 0.3) is 0 Å². The van der Waals surface area contributed by atoms with Crippen molar-refractivity contribution in [3.63, 3.8) is 0 Å². The highest BCUT2D eigenvalue weighted by molar-refractivity contribution is 6.28. The van der Waals surface area contributed by atoms with E-state index >= 15 is 0 Å². The molecular weight excluding hydrogens is 731 g/mol. The Hall–Kier alpha value is -8.15. The van der Waals surface area contributed by atoms with Gasteiger partial charge in [-0.1, -0.05) is 194 Å². The van der Waals surface area contributed by atoms with Crippen LogP contribution in [0.3, 0.4) is 0 Å². The van der Waals surface area contributed by atoms with Gasteiger partial charge in [0, 0.05) is 38.8 Å². The zero-order chi connectivity index (χ0) is 39.8. The second-order valence-electron chi connectivity index (χ2n) is 14.8. The lowest BCUT2D eigenvalue weighted by atomic mass is 9.91. The molecule has 2 aromatic heterocycles. The normalized spacial score (nSPS) is 11.3. The van der Waals surface area contributed by atoms with E-state index < -0.39 is 0 Å². The molecule has 0 fully saturated rings. The van der Waals surface area contributed by atoms with Gasteiger partial charge in [-0.15, -0.1) is 0 Å². The predicted octanol–water partition coefficient (Wildman–Crippen LogP) is 13.8. The molecule has 0 N–H and O–H groups in total. The van der Waals surface area contributed by atoms with E-state index in [-0.39, 0.29) is 0 Å². The van der Waals surface area contributed by atoms with Crippen LogP contribution >= 0.6 is 0 Å². The summed E-state index contributed by atoms with van der Waals surface area (Å²) in [6.07, 6.45) is 0. The molecule has 280 valence electrons. The van der Waals surface area contributed by atoms with Crippen LogP contribution in [0.5, 0.6) is 0 Å². The Morgan fingerprint density at radius 3 is 1.15 bits per heavy atom. The van der Waals surface area contributed by atoms with Crippen molar-refractivity contribution in [3.8, 4) is 79.2 Å². The van der Waals surface area contributed by atoms with E-state index in [9.17, 15) is 0 Å². The summed E-state index contributed by atoms with van der Waals surface area (Å²) >= 11 is 0. The van der Waals surface area contributed by atoms with E-state index in [1.54, 1.807) is 0 Å². The van der Waals surface area contributed by atoms with Crippen LogP contribution in [-0.2, 0) is 0 Å². The van der Waals surface area contributed by atoms with Crippen molar-refractivity contribution in [3.05, 3.63) is 212 Å². The van der Waals surface area contributed by atoms with Crippen LogP contribution < -0.4 is 0 Å². The quantitative estimate of drug-likeness (QED) is 0.151. The Labute approximate surface area is 347 Å². The predicted molar refractivity (Wildman–Crippen MR) is 246 cm³/mol. The van der Waals surface area contributed by atoms with Crippen molar-refractivity contribution in [2.45, 2.75) is 0 Å². The van der Waals surface area contributed by atoms with Gasteiger partial charge in [0.2, 0.25) is 0 Å². The van der Waals surface area contributed by atoms with E-state index in [1.165, 1.54) is 26.9 Å². The molecule has 0 aliphatic heterocycles. The lowest BCUT2D eigenvalue weighted by molar-refractivity contribution is 1.07. The van der Waals surface area contributed by atoms with Gasteiger partial charge in [-0.05, 0) is 56.3 Å². The molecule has 5 nitrogen and oxygen atoms in total. The maximum atomic E-state index is 5.38. The monoisotopic (exact) mass is 765 g/mol. The number of hydrogen-bond acceptors (Lipinski definition) is 5. The molecule has 11 rings (SSSR count). The van der Waals surface area contributed by atoms with Crippen LogP contribution in [0.4, 0.5) is 0 Å². The minimum Gasteiger partial charge on any atom is -0.228 e. The van der Waals surface area contributed by atoms with E-state index in [0.29, 0.717) is 23.3 Å². The first kappa shape index (κ1) is 35.0. The number of fused-ring (bicyclic) bond motifs is 6. The van der Waals surface area contributed by atoms with E-state index in [4.69, 9.17) is 24.9 Å². The Kier molecular flexibility index (Phi) is 8.75. The molecule has 5 heteroatoms. The second kappa shape index (κ2) is 15.0. The van der Waals surface area contributed by atoms with Gasteiger partial charge in [0.05, 0.1) is 11.4 Å². The SMILES string of the molecule is c1ccc(-c2cc(-c3cccc(-c4cccc(-c5nc(-c6ccccc6)nc(-c6ccccc6)n5)c4)c3)nc(-c3cccc4c5ccccc5c5ccccc5c34)n2)cc1. The van der Waals surface area contributed by atoms with Gasteiger partial charge in [-0.3, -0.25) is 0 Å². The molecule has 0 atom stereocenters. The zero-order valence-electron chi connectivity index (χ0n) is 32.4. The second-order valence-corrected chi connectivity index (χ2v) is 14.8. The third-order valence-electron chi connectivity index (χ3n) is 11.1. The van der Waals surface area contributed by atoms with Crippen molar-refractivity contribution in [2.24, 2.45) is 0 Å². The van der Waals surface area contributed by atoms with Crippen molar-refractivity contribution >= 4 is 32.3 Å². The molecule has 0 unspecified atom stereocenters. The van der Waals surface area contributed by atoms with E-state index in [0.717, 1.165) is 61.3 Å². The average molecular weight is 766 g/mol. The van der Waals surface area contributed by atoms with E-state index in [1.807, 2.05) is 66.7 Å². The summed E-state index contributed by atoms with van der Waals surface area (Å²) < 4.78 is 0. The van der Waals surface area contributed by atoms with Crippen molar-refractivity contribution in [2.75, 3.05) is 0 Å². The Morgan fingerprint density at radius 1 is 0.217 bits per heavy atom. The number of rotatable bonds is 7. The fourth-order valence-corrected chi connectivity index (χ4v) is 8.25. The van der Waals surface area contributed by atoms with Gasteiger partial charge < -0.3 is 0 Å². The highest BCUT2D eigenvalue weighted by Crippen LogP contribution is 2.40. The Morgan fingerprint density at radius 2 is 0.583 bits per heavy atom. The first-order chi connectivity index (χ1) is 29.7. The summed E-state index contributed by atoms with van der Waals surface area (Å²) in [5.74, 6) is 2.56. The fraction of sp³-hybridized carbons (Fsp3) is 0. The molecule has 0 spiro atoms. The van der Waals surface area contributed by atoms with Crippen LogP contribution in [0.15, 0.2) is 212 Å². The minimum absolute atomic E-state index is 0.615. The number of hydrogen-bond donors (Lipinski definition) is 0. The van der Waals surface area contributed by atoms with Gasteiger partial charge >= 0.3 is 0 Å². The van der Waals surface area contributed by atoms with Crippen LogP contribution in [-0.4, -0.2) is 24.9 Å². The molecule has 9 aromatic carbocycles. The number of benzene rings is 9. The summed E-state index contributed by atoms with van der Waals surface area (Å²) in [6.45, 7) is 0. The van der Waals surface area contributed by atoms with Crippen molar-refractivity contribution < 1.29 is 0 Å². The smallest absolute Gasteiger partial charge is 0.164 e. The maximum absolute atomic E-state index is 5.38. The standard InChI is InChI=1S/C55H35N5/c1-4-17-36(18-5-1)49-35-50(57-55(56-49)48-32-16-31-47-45-28-11-10-27-43(45)44-29-12-13-30-46(44)51(47)48)41-25-14-23-39(33-41)40-24-15-26-42(34-40)54-59-52(37-19-6-2-7-20-37)58-53(60-54)38-21-8-3-9-22-38/h1-35H. The minimum atomic E-state index is 0.615.